The topological polar surface area (TPSA) is 88.2 Å². The summed E-state index contributed by atoms with van der Waals surface area (Å²) < 4.78 is 4.95. The highest BCUT2D eigenvalue weighted by Crippen LogP contribution is 2.16. The molecule has 0 radical (unpaired) electrons. The number of hydrogen-bond acceptors (Lipinski definition) is 5. The van der Waals surface area contributed by atoms with Crippen molar-refractivity contribution in [1.29, 1.82) is 0 Å². The Morgan fingerprint density at radius 2 is 2.41 bits per heavy atom. The number of amides is 1. The summed E-state index contributed by atoms with van der Waals surface area (Å²) in [6.45, 7) is 3.40. The summed E-state index contributed by atoms with van der Waals surface area (Å²) in [6.07, 6.45) is 1.42. The van der Waals surface area contributed by atoms with Crippen molar-refractivity contribution in [3.63, 3.8) is 0 Å². The lowest BCUT2D eigenvalue weighted by Crippen LogP contribution is -2.35. The van der Waals surface area contributed by atoms with Gasteiger partial charge >= 0.3 is 0 Å². The summed E-state index contributed by atoms with van der Waals surface area (Å²) in [4.78, 5) is 15.8. The second-order valence-electron chi connectivity index (χ2n) is 3.90. The van der Waals surface area contributed by atoms with Crippen molar-refractivity contribution in [2.24, 2.45) is 0 Å². The number of pyridine rings is 1. The second-order valence-corrected chi connectivity index (χ2v) is 3.90. The van der Waals surface area contributed by atoms with E-state index in [1.165, 1.54) is 6.20 Å². The lowest BCUT2D eigenvalue weighted by molar-refractivity contribution is 0.0922. The average Bonchev–Trinajstić information content (AvgIpc) is 2.70. The Kier molecular flexibility index (Phi) is 3.06. The van der Waals surface area contributed by atoms with Gasteiger partial charge < -0.3 is 14.9 Å². The maximum Gasteiger partial charge on any atom is 0.257 e. The van der Waals surface area contributed by atoms with Gasteiger partial charge in [-0.2, -0.15) is 0 Å². The zero-order valence-corrected chi connectivity index (χ0v) is 9.60. The van der Waals surface area contributed by atoms with Crippen LogP contribution < -0.4 is 5.32 Å². The third-order valence-corrected chi connectivity index (χ3v) is 2.42. The first-order chi connectivity index (χ1) is 8.11. The van der Waals surface area contributed by atoms with Gasteiger partial charge in [0.1, 0.15) is 0 Å². The van der Waals surface area contributed by atoms with Gasteiger partial charge in [0.2, 0.25) is 0 Å². The van der Waals surface area contributed by atoms with Gasteiger partial charge in [0.05, 0.1) is 23.3 Å². The lowest BCUT2D eigenvalue weighted by atomic mass is 10.2. The third-order valence-electron chi connectivity index (χ3n) is 2.42. The molecule has 1 amide bonds. The SMILES string of the molecule is Cc1noc2ncc(C(=O)NC(C)CO)cc12. The van der Waals surface area contributed by atoms with E-state index >= 15 is 0 Å². The van der Waals surface area contributed by atoms with Crippen molar-refractivity contribution < 1.29 is 14.4 Å². The van der Waals surface area contributed by atoms with Crippen LogP contribution in [-0.2, 0) is 0 Å². The Bertz CT molecular complexity index is 550. The van der Waals surface area contributed by atoms with Gasteiger partial charge in [-0.15, -0.1) is 0 Å². The predicted molar refractivity (Wildman–Crippen MR) is 60.6 cm³/mol. The molecule has 0 aliphatic carbocycles. The molecule has 2 heterocycles. The number of fused-ring (bicyclic) bond motifs is 1. The van der Waals surface area contributed by atoms with Gasteiger partial charge in [-0.05, 0) is 19.9 Å². The minimum absolute atomic E-state index is 0.103. The summed E-state index contributed by atoms with van der Waals surface area (Å²) in [7, 11) is 0. The molecule has 0 saturated heterocycles. The van der Waals surface area contributed by atoms with E-state index in [0.717, 1.165) is 0 Å². The molecule has 0 aliphatic heterocycles. The predicted octanol–water partition coefficient (Wildman–Crippen LogP) is 0.642. The van der Waals surface area contributed by atoms with Crippen LogP contribution in [0.3, 0.4) is 0 Å². The van der Waals surface area contributed by atoms with E-state index in [1.54, 1.807) is 19.9 Å². The van der Waals surface area contributed by atoms with Crippen LogP contribution in [0.5, 0.6) is 0 Å². The summed E-state index contributed by atoms with van der Waals surface area (Å²) >= 11 is 0. The average molecular weight is 235 g/mol. The molecular formula is C11H13N3O3. The molecule has 1 unspecified atom stereocenters. The fraction of sp³-hybridized carbons (Fsp3) is 0.364. The number of rotatable bonds is 3. The van der Waals surface area contributed by atoms with Crippen LogP contribution >= 0.6 is 0 Å². The van der Waals surface area contributed by atoms with Gasteiger partial charge in [-0.25, -0.2) is 4.98 Å². The van der Waals surface area contributed by atoms with Crippen LogP contribution in [0.1, 0.15) is 23.0 Å². The van der Waals surface area contributed by atoms with Crippen molar-refractivity contribution in [2.45, 2.75) is 19.9 Å². The normalized spacial score (nSPS) is 12.6. The standard InChI is InChI=1S/C11H13N3O3/c1-6(5-15)13-10(16)8-3-9-7(2)14-17-11(9)12-4-8/h3-4,6,15H,5H2,1-2H3,(H,13,16). The maximum atomic E-state index is 11.8. The summed E-state index contributed by atoms with van der Waals surface area (Å²) in [6, 6.07) is 1.38. The molecule has 6 heteroatoms. The quantitative estimate of drug-likeness (QED) is 0.815. The van der Waals surface area contributed by atoms with Crippen molar-refractivity contribution in [3.05, 3.63) is 23.5 Å². The Labute approximate surface area is 97.6 Å². The lowest BCUT2D eigenvalue weighted by Gasteiger charge is -2.10. The summed E-state index contributed by atoms with van der Waals surface area (Å²) in [5.41, 5.74) is 1.52. The Hall–Kier alpha value is -1.95. The molecule has 0 bridgehead atoms. The summed E-state index contributed by atoms with van der Waals surface area (Å²) in [5.74, 6) is -0.276. The van der Waals surface area contributed by atoms with E-state index in [2.05, 4.69) is 15.5 Å². The minimum Gasteiger partial charge on any atom is -0.394 e. The first-order valence-electron chi connectivity index (χ1n) is 5.25. The number of hydrogen-bond donors (Lipinski definition) is 2. The van der Waals surface area contributed by atoms with E-state index in [-0.39, 0.29) is 18.6 Å². The molecular weight excluding hydrogens is 222 g/mol. The number of aryl methyl sites for hydroxylation is 1. The highest BCUT2D eigenvalue weighted by molar-refractivity contribution is 5.97. The second kappa shape index (κ2) is 4.50. The van der Waals surface area contributed by atoms with Gasteiger partial charge in [0, 0.05) is 12.2 Å². The Morgan fingerprint density at radius 3 is 3.12 bits per heavy atom. The molecule has 0 aromatic carbocycles. The number of carbonyl (C=O) groups excluding carboxylic acids is 1. The highest BCUT2D eigenvalue weighted by atomic mass is 16.5. The van der Waals surface area contributed by atoms with Gasteiger partial charge in [0.25, 0.3) is 11.6 Å². The maximum absolute atomic E-state index is 11.8. The number of nitrogens with zero attached hydrogens (tertiary/aromatic N) is 2. The smallest absolute Gasteiger partial charge is 0.257 e. The molecule has 2 aromatic heterocycles. The molecule has 2 rings (SSSR count). The van der Waals surface area contributed by atoms with Gasteiger partial charge in [0.15, 0.2) is 0 Å². The van der Waals surface area contributed by atoms with Crippen molar-refractivity contribution in [2.75, 3.05) is 6.61 Å². The van der Waals surface area contributed by atoms with Gasteiger partial charge in [-0.1, -0.05) is 5.16 Å². The van der Waals surface area contributed by atoms with Crippen LogP contribution in [0.4, 0.5) is 0 Å². The van der Waals surface area contributed by atoms with Crippen LogP contribution in [0.2, 0.25) is 0 Å². The number of aromatic nitrogens is 2. The van der Waals surface area contributed by atoms with E-state index in [4.69, 9.17) is 9.63 Å². The third kappa shape index (κ3) is 2.26. The molecule has 2 aromatic rings. The molecule has 1 atom stereocenters. The van der Waals surface area contributed by atoms with Crippen molar-refractivity contribution in [1.82, 2.24) is 15.5 Å². The monoisotopic (exact) mass is 235 g/mol. The minimum atomic E-state index is -0.290. The van der Waals surface area contributed by atoms with Crippen LogP contribution in [0.15, 0.2) is 16.8 Å². The molecule has 17 heavy (non-hydrogen) atoms. The molecule has 2 N–H and O–H groups in total. The fourth-order valence-electron chi connectivity index (χ4n) is 1.42. The van der Waals surface area contributed by atoms with Crippen LogP contribution in [-0.4, -0.2) is 33.8 Å². The molecule has 90 valence electrons. The van der Waals surface area contributed by atoms with Crippen molar-refractivity contribution >= 4 is 17.0 Å². The van der Waals surface area contributed by atoms with Crippen molar-refractivity contribution in [3.8, 4) is 0 Å². The van der Waals surface area contributed by atoms with E-state index in [0.29, 0.717) is 22.4 Å². The molecule has 6 nitrogen and oxygen atoms in total. The summed E-state index contributed by atoms with van der Waals surface area (Å²) in [5, 5.41) is 16.0. The zero-order chi connectivity index (χ0) is 12.4. The van der Waals surface area contributed by atoms with Crippen LogP contribution in [0.25, 0.3) is 11.1 Å². The van der Waals surface area contributed by atoms with Crippen LogP contribution in [0, 0.1) is 6.92 Å². The highest BCUT2D eigenvalue weighted by Gasteiger charge is 2.12. The Morgan fingerprint density at radius 1 is 1.65 bits per heavy atom. The molecule has 0 aliphatic rings. The number of aliphatic hydroxyl groups is 1. The van der Waals surface area contributed by atoms with Gasteiger partial charge in [-0.3, -0.25) is 4.79 Å². The zero-order valence-electron chi connectivity index (χ0n) is 9.60. The first kappa shape index (κ1) is 11.5. The first-order valence-corrected chi connectivity index (χ1v) is 5.25. The largest absolute Gasteiger partial charge is 0.394 e. The molecule has 0 saturated carbocycles. The molecule has 0 fully saturated rings. The number of carbonyl (C=O) groups is 1. The fourth-order valence-corrected chi connectivity index (χ4v) is 1.42. The van der Waals surface area contributed by atoms with E-state index in [1.807, 2.05) is 0 Å². The van der Waals surface area contributed by atoms with E-state index in [9.17, 15) is 4.79 Å². The number of aliphatic hydroxyl groups excluding tert-OH is 1. The number of nitrogens with one attached hydrogen (secondary N) is 1. The van der Waals surface area contributed by atoms with E-state index < -0.39 is 0 Å². The Balaban J connectivity index is 2.29. The molecule has 0 spiro atoms.